The van der Waals surface area contributed by atoms with Crippen LogP contribution in [0.15, 0.2) is 39.3 Å². The minimum absolute atomic E-state index is 0.0559. The molecule has 0 aliphatic carbocycles. The molecule has 1 N–H and O–H groups in total. The number of carbonyl (C=O) groups excluding carboxylic acids is 2. The Balaban J connectivity index is 1.99. The van der Waals surface area contributed by atoms with Crippen LogP contribution < -0.4 is 10.1 Å². The lowest BCUT2D eigenvalue weighted by molar-refractivity contribution is -0.138. The van der Waals surface area contributed by atoms with Gasteiger partial charge in [0.1, 0.15) is 25.6 Å². The largest absolute Gasteiger partial charge is 0.491 e. The lowest BCUT2D eigenvalue weighted by atomic mass is 10.3. The highest BCUT2D eigenvalue weighted by Gasteiger charge is 2.04. The van der Waals surface area contributed by atoms with E-state index in [2.05, 4.69) is 43.8 Å². The molecule has 1 rings (SSSR count). The average molecular weight is 495 g/mol. The minimum atomic E-state index is -0.602. The highest BCUT2D eigenvalue weighted by Crippen LogP contribution is 2.24. The molecule has 144 valence electrons. The monoisotopic (exact) mass is 493 g/mol. The third kappa shape index (κ3) is 10.4. The van der Waals surface area contributed by atoms with Crippen LogP contribution >= 0.6 is 31.9 Å². The van der Waals surface area contributed by atoms with Crippen molar-refractivity contribution in [2.24, 2.45) is 0 Å². The molecule has 0 saturated carbocycles. The van der Waals surface area contributed by atoms with Crippen LogP contribution in [0.5, 0.6) is 5.75 Å². The predicted molar refractivity (Wildman–Crippen MR) is 103 cm³/mol. The molecule has 9 heteroatoms. The van der Waals surface area contributed by atoms with Crippen LogP contribution in [0.2, 0.25) is 0 Å². The Morgan fingerprint density at radius 2 is 1.65 bits per heavy atom. The van der Waals surface area contributed by atoms with E-state index in [0.717, 1.165) is 14.7 Å². The lowest BCUT2D eigenvalue weighted by Gasteiger charge is -2.09. The van der Waals surface area contributed by atoms with Crippen molar-refractivity contribution in [1.29, 1.82) is 0 Å². The summed E-state index contributed by atoms with van der Waals surface area (Å²) in [5.74, 6) is 0.226. The minimum Gasteiger partial charge on any atom is -0.491 e. The third-order valence-corrected chi connectivity index (χ3v) is 3.66. The Hall–Kier alpha value is -1.58. The van der Waals surface area contributed by atoms with Gasteiger partial charge < -0.3 is 24.3 Å². The number of carbonyl (C=O) groups is 2. The molecule has 0 aliphatic heterocycles. The molecule has 0 unspecified atom stereocenters. The van der Waals surface area contributed by atoms with Gasteiger partial charge in [-0.25, -0.2) is 9.59 Å². The zero-order valence-corrected chi connectivity index (χ0v) is 17.6. The number of alkyl carbamates (subject to hydrolysis) is 1. The maximum absolute atomic E-state index is 11.4. The second kappa shape index (κ2) is 12.7. The smallest absolute Gasteiger partial charge is 0.407 e. The second-order valence-electron chi connectivity index (χ2n) is 5.04. The predicted octanol–water partition coefficient (Wildman–Crippen LogP) is 3.45. The first-order valence-corrected chi connectivity index (χ1v) is 9.37. The van der Waals surface area contributed by atoms with Gasteiger partial charge in [0, 0.05) is 14.5 Å². The quantitative estimate of drug-likeness (QED) is 0.288. The van der Waals surface area contributed by atoms with Gasteiger partial charge in [-0.05, 0) is 25.1 Å². The molecule has 1 aromatic rings. The van der Waals surface area contributed by atoms with E-state index < -0.39 is 12.1 Å². The van der Waals surface area contributed by atoms with Crippen molar-refractivity contribution < 1.29 is 28.5 Å². The standard InChI is InChI=1S/C17H21Br2NO6/c1-12(2)16(21)25-4-3-20-17(22)26-8-6-23-5-7-24-15-10-13(18)9-14(19)11-15/h9-11H,1,3-8H2,2H3,(H,20,22). The van der Waals surface area contributed by atoms with Gasteiger partial charge in [-0.2, -0.15) is 0 Å². The molecule has 0 aliphatic rings. The average Bonchev–Trinajstić information content (AvgIpc) is 2.56. The number of benzene rings is 1. The van der Waals surface area contributed by atoms with Crippen LogP contribution in [0.1, 0.15) is 6.92 Å². The summed E-state index contributed by atoms with van der Waals surface area (Å²) in [6, 6.07) is 5.62. The van der Waals surface area contributed by atoms with Crippen LogP contribution in [-0.4, -0.2) is 51.6 Å². The Morgan fingerprint density at radius 1 is 1.00 bits per heavy atom. The first-order chi connectivity index (χ1) is 12.4. The van der Waals surface area contributed by atoms with Crippen LogP contribution in [0.4, 0.5) is 4.79 Å². The molecule has 0 heterocycles. The first-order valence-electron chi connectivity index (χ1n) is 7.78. The molecule has 0 radical (unpaired) electrons. The van der Waals surface area contributed by atoms with Crippen molar-refractivity contribution >= 4 is 43.9 Å². The number of ether oxygens (including phenoxy) is 4. The number of rotatable bonds is 11. The van der Waals surface area contributed by atoms with Gasteiger partial charge in [0.2, 0.25) is 0 Å². The highest BCUT2D eigenvalue weighted by atomic mass is 79.9. The topological polar surface area (TPSA) is 83.1 Å². The SMILES string of the molecule is C=C(C)C(=O)OCCNC(=O)OCCOCCOc1cc(Br)cc(Br)c1. The normalized spacial score (nSPS) is 10.1. The van der Waals surface area contributed by atoms with Crippen molar-refractivity contribution in [3.8, 4) is 5.75 Å². The molecule has 1 aromatic carbocycles. The van der Waals surface area contributed by atoms with E-state index >= 15 is 0 Å². The van der Waals surface area contributed by atoms with Gasteiger partial charge in [-0.15, -0.1) is 0 Å². The fourth-order valence-electron chi connectivity index (χ4n) is 1.60. The van der Waals surface area contributed by atoms with Crippen molar-refractivity contribution in [3.63, 3.8) is 0 Å². The molecule has 0 saturated heterocycles. The van der Waals surface area contributed by atoms with Gasteiger partial charge in [0.05, 0.1) is 19.8 Å². The Bertz CT molecular complexity index is 603. The van der Waals surface area contributed by atoms with E-state index in [4.69, 9.17) is 18.9 Å². The highest BCUT2D eigenvalue weighted by molar-refractivity contribution is 9.11. The Morgan fingerprint density at radius 3 is 2.31 bits per heavy atom. The maximum Gasteiger partial charge on any atom is 0.407 e. The number of esters is 1. The molecule has 0 fully saturated rings. The van der Waals surface area contributed by atoms with Crippen molar-refractivity contribution in [2.75, 3.05) is 39.6 Å². The third-order valence-electron chi connectivity index (χ3n) is 2.75. The van der Waals surface area contributed by atoms with E-state index in [1.54, 1.807) is 6.92 Å². The van der Waals surface area contributed by atoms with E-state index in [-0.39, 0.29) is 26.4 Å². The molecule has 0 aromatic heterocycles. The Labute approximate surface area is 169 Å². The lowest BCUT2D eigenvalue weighted by Crippen LogP contribution is -2.29. The number of amides is 1. The van der Waals surface area contributed by atoms with E-state index in [1.807, 2.05) is 18.2 Å². The molecule has 0 spiro atoms. The van der Waals surface area contributed by atoms with Gasteiger partial charge in [0.15, 0.2) is 0 Å². The fraction of sp³-hybridized carbons (Fsp3) is 0.412. The van der Waals surface area contributed by atoms with Gasteiger partial charge in [-0.3, -0.25) is 0 Å². The molecule has 1 amide bonds. The number of nitrogens with one attached hydrogen (secondary N) is 1. The Kier molecular flexibility index (Phi) is 11.0. The maximum atomic E-state index is 11.4. The van der Waals surface area contributed by atoms with Crippen LogP contribution in [0.25, 0.3) is 0 Å². The second-order valence-corrected chi connectivity index (χ2v) is 6.88. The van der Waals surface area contributed by atoms with Crippen molar-refractivity contribution in [2.45, 2.75) is 6.92 Å². The van der Waals surface area contributed by atoms with Crippen LogP contribution in [-0.2, 0) is 19.0 Å². The molecule has 26 heavy (non-hydrogen) atoms. The van der Waals surface area contributed by atoms with E-state index in [9.17, 15) is 9.59 Å². The summed E-state index contributed by atoms with van der Waals surface area (Å²) in [4.78, 5) is 22.5. The van der Waals surface area contributed by atoms with Gasteiger partial charge >= 0.3 is 12.1 Å². The summed E-state index contributed by atoms with van der Waals surface area (Å²) in [5.41, 5.74) is 0.307. The summed E-state index contributed by atoms with van der Waals surface area (Å²) in [6.07, 6.45) is -0.602. The van der Waals surface area contributed by atoms with E-state index in [0.29, 0.717) is 18.8 Å². The summed E-state index contributed by atoms with van der Waals surface area (Å²) < 4.78 is 22.4. The molecule has 7 nitrogen and oxygen atoms in total. The van der Waals surface area contributed by atoms with Crippen LogP contribution in [0.3, 0.4) is 0 Å². The van der Waals surface area contributed by atoms with Gasteiger partial charge in [0.25, 0.3) is 0 Å². The summed E-state index contributed by atoms with van der Waals surface area (Å²) >= 11 is 6.76. The van der Waals surface area contributed by atoms with Gasteiger partial charge in [-0.1, -0.05) is 38.4 Å². The molecular weight excluding hydrogens is 474 g/mol. The van der Waals surface area contributed by atoms with Crippen LogP contribution in [0, 0.1) is 0 Å². The molecule has 0 atom stereocenters. The number of hydrogen-bond acceptors (Lipinski definition) is 6. The summed E-state index contributed by atoms with van der Waals surface area (Å²) in [5, 5.41) is 2.45. The zero-order valence-electron chi connectivity index (χ0n) is 14.4. The zero-order chi connectivity index (χ0) is 19.4. The number of halogens is 2. The summed E-state index contributed by atoms with van der Waals surface area (Å²) in [7, 11) is 0. The van der Waals surface area contributed by atoms with E-state index in [1.165, 1.54) is 0 Å². The van der Waals surface area contributed by atoms with Crippen molar-refractivity contribution in [3.05, 3.63) is 39.3 Å². The molecular formula is C17H21Br2NO6. The fourth-order valence-corrected chi connectivity index (χ4v) is 2.85. The summed E-state index contributed by atoms with van der Waals surface area (Å²) in [6.45, 7) is 6.33. The molecule has 0 bridgehead atoms. The first kappa shape index (κ1) is 22.5. The van der Waals surface area contributed by atoms with Crippen molar-refractivity contribution in [1.82, 2.24) is 5.32 Å². The number of hydrogen-bond donors (Lipinski definition) is 1.